The minimum Gasteiger partial charge on any atom is -0.391 e. The number of hydrogen-bond donors (Lipinski definition) is 0. The maximum absolute atomic E-state index is 3.17. The van der Waals surface area contributed by atoms with Crippen molar-refractivity contribution >= 4 is 22.7 Å². The number of benzene rings is 7. The van der Waals surface area contributed by atoms with Gasteiger partial charge in [-0.05, 0) is 34.4 Å². The molecule has 66 heavy (non-hydrogen) atoms. The second-order valence-corrected chi connectivity index (χ2v) is 10.9. The quantitative estimate of drug-likeness (QED) is 0.163. The summed E-state index contributed by atoms with van der Waals surface area (Å²) < 4.78 is 0. The summed E-state index contributed by atoms with van der Waals surface area (Å²) >= 11 is 0. The fourth-order valence-corrected chi connectivity index (χ4v) is 5.27. The van der Waals surface area contributed by atoms with E-state index in [1.165, 1.54) is 33.6 Å². The standard InChI is InChI=1S/C14H13N.C13H11N.C12H10.C6H6.9C2H6.W/c1-15-13-8-4-2-6-11(13)10-12-7-3-5-9-14(12)15;1-14(12-8-4-2-5-9-12)13-10-6-3-7-11-13;1-3-7-11(8-4-1)12-9-5-2-6-10-12;1-2-4-6-5-3-1;9*1-2;/h2-9H,10H2,1H3;2-8,10H,1H3;1-10H;1-6H;9*1-2H3;/q;-2;;;;;;;;;;;;+2. The molecule has 0 spiro atoms. The number of rotatable bonds is 3. The van der Waals surface area contributed by atoms with E-state index in [1.807, 2.05) is 229 Å². The van der Waals surface area contributed by atoms with Crippen molar-refractivity contribution in [2.24, 2.45) is 0 Å². The van der Waals surface area contributed by atoms with Gasteiger partial charge in [0, 0.05) is 31.9 Å². The molecule has 0 saturated carbocycles. The van der Waals surface area contributed by atoms with Gasteiger partial charge in [-0.2, -0.15) is 48.5 Å². The van der Waals surface area contributed by atoms with Crippen molar-refractivity contribution < 1.29 is 21.1 Å². The Labute approximate surface area is 424 Å². The summed E-state index contributed by atoms with van der Waals surface area (Å²) in [5, 5.41) is 0. The molecule has 0 fully saturated rings. The third kappa shape index (κ3) is 31.7. The van der Waals surface area contributed by atoms with Crippen molar-refractivity contribution in [1.29, 1.82) is 0 Å². The van der Waals surface area contributed by atoms with Gasteiger partial charge in [0.05, 0.1) is 0 Å². The van der Waals surface area contributed by atoms with E-state index in [0.29, 0.717) is 0 Å². The summed E-state index contributed by atoms with van der Waals surface area (Å²) in [5.74, 6) is 0. The predicted octanol–water partition coefficient (Wildman–Crippen LogP) is 20.7. The Kier molecular flexibility index (Phi) is 63.5. The molecule has 8 rings (SSSR count). The van der Waals surface area contributed by atoms with Crippen molar-refractivity contribution in [1.82, 2.24) is 0 Å². The first-order valence-electron chi connectivity index (χ1n) is 24.9. The third-order valence-corrected chi connectivity index (χ3v) is 7.74. The Morgan fingerprint density at radius 2 is 0.576 bits per heavy atom. The first-order chi connectivity index (χ1) is 32.2. The van der Waals surface area contributed by atoms with Crippen molar-refractivity contribution in [2.75, 3.05) is 23.9 Å². The van der Waals surface area contributed by atoms with Crippen LogP contribution >= 0.6 is 0 Å². The topological polar surface area (TPSA) is 6.48 Å². The largest absolute Gasteiger partial charge is 2.00 e. The van der Waals surface area contributed by atoms with Crippen molar-refractivity contribution in [2.45, 2.75) is 131 Å². The van der Waals surface area contributed by atoms with Crippen LogP contribution in [0.15, 0.2) is 194 Å². The van der Waals surface area contributed by atoms with Gasteiger partial charge >= 0.3 is 21.1 Å². The van der Waals surface area contributed by atoms with Crippen LogP contribution in [0, 0.1) is 12.1 Å². The molecule has 0 aliphatic carbocycles. The summed E-state index contributed by atoms with van der Waals surface area (Å²) in [6, 6.07) is 72.2. The molecule has 1 aliphatic rings. The van der Waals surface area contributed by atoms with Crippen molar-refractivity contribution in [3.63, 3.8) is 0 Å². The van der Waals surface area contributed by atoms with Crippen LogP contribution in [0.2, 0.25) is 0 Å². The molecule has 1 aliphatic heterocycles. The number of nitrogens with zero attached hydrogens (tertiary/aromatic N) is 2. The second-order valence-electron chi connectivity index (χ2n) is 10.9. The Morgan fingerprint density at radius 3 is 0.848 bits per heavy atom. The summed E-state index contributed by atoms with van der Waals surface area (Å²) in [4.78, 5) is 4.33. The zero-order valence-electron chi connectivity index (χ0n) is 45.5. The number of hydrogen-bond acceptors (Lipinski definition) is 2. The molecule has 0 bridgehead atoms. The zero-order chi connectivity index (χ0) is 50.5. The predicted molar refractivity (Wildman–Crippen MR) is 303 cm³/mol. The van der Waals surface area contributed by atoms with Crippen LogP contribution in [0.1, 0.15) is 136 Å². The van der Waals surface area contributed by atoms with Gasteiger partial charge in [-0.3, -0.25) is 0 Å². The van der Waals surface area contributed by atoms with E-state index in [4.69, 9.17) is 0 Å². The first kappa shape index (κ1) is 72.4. The Balaban J connectivity index is -0.000000165. The minimum absolute atomic E-state index is 0. The Bertz CT molecular complexity index is 1720. The van der Waals surface area contributed by atoms with Crippen LogP contribution in [0.5, 0.6) is 0 Å². The molecule has 7 aromatic rings. The normalized spacial score (nSPS) is 8.39. The van der Waals surface area contributed by atoms with E-state index in [0.717, 1.165) is 17.8 Å². The molecular weight excluding hydrogens is 969 g/mol. The average molecular weight is 1060 g/mol. The molecule has 0 unspecified atom stereocenters. The molecule has 1 heterocycles. The first-order valence-corrected chi connectivity index (χ1v) is 24.9. The van der Waals surface area contributed by atoms with Crippen LogP contribution in [0.4, 0.5) is 22.7 Å². The minimum atomic E-state index is 0. The number of para-hydroxylation sites is 4. The molecule has 0 amide bonds. The molecule has 0 saturated heterocycles. The smallest absolute Gasteiger partial charge is 0.391 e. The van der Waals surface area contributed by atoms with Crippen LogP contribution in [-0.4, -0.2) is 14.1 Å². The molecule has 7 aromatic carbocycles. The summed E-state index contributed by atoms with van der Waals surface area (Å²) in [5.41, 5.74) is 10.1. The van der Waals surface area contributed by atoms with Crippen LogP contribution in [-0.2, 0) is 27.5 Å². The monoisotopic (exact) mass is 1060 g/mol. The molecule has 0 atom stereocenters. The van der Waals surface area contributed by atoms with Gasteiger partial charge < -0.3 is 9.80 Å². The number of anilines is 4. The van der Waals surface area contributed by atoms with E-state index < -0.39 is 0 Å². The van der Waals surface area contributed by atoms with Gasteiger partial charge in [0.15, 0.2) is 0 Å². The summed E-state index contributed by atoms with van der Waals surface area (Å²) in [6.07, 6.45) is 1.05. The van der Waals surface area contributed by atoms with E-state index in [1.54, 1.807) is 0 Å². The Hall–Kier alpha value is -5.17. The fourth-order valence-electron chi connectivity index (χ4n) is 5.27. The van der Waals surface area contributed by atoms with E-state index in [2.05, 4.69) is 126 Å². The molecule has 362 valence electrons. The van der Waals surface area contributed by atoms with Gasteiger partial charge in [0.2, 0.25) is 0 Å². The second kappa shape index (κ2) is 57.8. The average Bonchev–Trinajstić information content (AvgIpc) is 3.45. The summed E-state index contributed by atoms with van der Waals surface area (Å²) in [7, 11) is 4.15. The van der Waals surface area contributed by atoms with Crippen molar-refractivity contribution in [3.8, 4) is 11.1 Å². The molecule has 3 heteroatoms. The van der Waals surface area contributed by atoms with E-state index in [-0.39, 0.29) is 21.1 Å². The summed E-state index contributed by atoms with van der Waals surface area (Å²) in [6.45, 7) is 36.0. The van der Waals surface area contributed by atoms with Crippen LogP contribution < -0.4 is 9.80 Å². The molecule has 2 nitrogen and oxygen atoms in total. The molecule has 0 aromatic heterocycles. The van der Waals surface area contributed by atoms with Crippen molar-refractivity contribution in [3.05, 3.63) is 217 Å². The van der Waals surface area contributed by atoms with Gasteiger partial charge in [-0.15, -0.1) is 12.1 Å². The zero-order valence-corrected chi connectivity index (χ0v) is 48.4. The van der Waals surface area contributed by atoms with Gasteiger partial charge in [0.25, 0.3) is 0 Å². The fraction of sp³-hybridized carbons (Fsp3) is 0.333. The van der Waals surface area contributed by atoms with E-state index in [9.17, 15) is 0 Å². The Morgan fingerprint density at radius 1 is 0.333 bits per heavy atom. The maximum Gasteiger partial charge on any atom is 2.00 e. The maximum atomic E-state index is 3.17. The number of fused-ring (bicyclic) bond motifs is 2. The molecule has 0 N–H and O–H groups in total. The van der Waals surface area contributed by atoms with E-state index >= 15 is 0 Å². The van der Waals surface area contributed by atoms with Crippen LogP contribution in [0.3, 0.4) is 0 Å². The third-order valence-electron chi connectivity index (χ3n) is 7.74. The van der Waals surface area contributed by atoms with Gasteiger partial charge in [0.1, 0.15) is 0 Å². The SMILES string of the molecule is CC.CC.CC.CC.CC.CC.CC.CC.CC.CN(c1[c-]cccc1)c1[c-]cccc1.CN1c2ccccc2Cc2ccccc21.[W+2].c1ccc(-c2ccccc2)cc1.c1ccccc1. The molecular formula is C63H94N2W. The van der Waals surface area contributed by atoms with Gasteiger partial charge in [-0.1, -0.05) is 269 Å². The van der Waals surface area contributed by atoms with Crippen LogP contribution in [0.25, 0.3) is 11.1 Å². The molecule has 0 radical (unpaired) electrons. The van der Waals surface area contributed by atoms with Gasteiger partial charge in [-0.25, -0.2) is 0 Å².